The Hall–Kier alpha value is -2.91. The third kappa shape index (κ3) is 4.57. The molecular formula is C20H25N7O2. The standard InChI is InChI=1S/C20H25N7O2/c1-14-18(15(2)29-26-14)19-16(17-13-21-5-6-22-17)12-24-20(25-19)23-4-3-7-27-8-10-28-11-9-27/h5-6,12-13H,3-4,7-11H2,1-2H3,(H,23,24,25). The molecule has 0 spiro atoms. The lowest BCUT2D eigenvalue weighted by Gasteiger charge is -2.26. The van der Waals surface area contributed by atoms with Crippen LogP contribution >= 0.6 is 0 Å². The van der Waals surface area contributed by atoms with Crippen LogP contribution in [0.5, 0.6) is 0 Å². The van der Waals surface area contributed by atoms with Crippen molar-refractivity contribution >= 4 is 5.95 Å². The molecule has 0 amide bonds. The minimum atomic E-state index is 0.578. The number of morpholine rings is 1. The summed E-state index contributed by atoms with van der Waals surface area (Å²) in [7, 11) is 0. The molecule has 1 saturated heterocycles. The fourth-order valence-corrected chi connectivity index (χ4v) is 3.43. The fourth-order valence-electron chi connectivity index (χ4n) is 3.43. The van der Waals surface area contributed by atoms with Crippen molar-refractivity contribution in [2.24, 2.45) is 0 Å². The Bertz CT molecular complexity index is 920. The highest BCUT2D eigenvalue weighted by Gasteiger charge is 2.20. The summed E-state index contributed by atoms with van der Waals surface area (Å²) < 4.78 is 10.8. The van der Waals surface area contributed by atoms with E-state index in [4.69, 9.17) is 14.2 Å². The first-order valence-corrected chi connectivity index (χ1v) is 9.83. The normalized spacial score (nSPS) is 14.8. The van der Waals surface area contributed by atoms with Crippen LogP contribution in [0, 0.1) is 13.8 Å². The van der Waals surface area contributed by atoms with Crippen molar-refractivity contribution in [3.05, 3.63) is 36.2 Å². The number of nitrogens with zero attached hydrogens (tertiary/aromatic N) is 6. The number of rotatable bonds is 7. The Balaban J connectivity index is 1.53. The van der Waals surface area contributed by atoms with Gasteiger partial charge in [0, 0.05) is 43.8 Å². The summed E-state index contributed by atoms with van der Waals surface area (Å²) in [5, 5.41) is 7.41. The molecule has 9 nitrogen and oxygen atoms in total. The highest BCUT2D eigenvalue weighted by atomic mass is 16.5. The molecule has 0 bridgehead atoms. The first kappa shape index (κ1) is 19.4. The molecule has 3 aromatic heterocycles. The van der Waals surface area contributed by atoms with E-state index in [2.05, 4.69) is 30.3 Å². The largest absolute Gasteiger partial charge is 0.379 e. The molecule has 4 rings (SSSR count). The molecule has 1 fully saturated rings. The van der Waals surface area contributed by atoms with E-state index in [9.17, 15) is 0 Å². The van der Waals surface area contributed by atoms with Crippen LogP contribution < -0.4 is 5.32 Å². The van der Waals surface area contributed by atoms with Crippen molar-refractivity contribution in [3.8, 4) is 22.5 Å². The van der Waals surface area contributed by atoms with Crippen molar-refractivity contribution in [2.75, 3.05) is 44.7 Å². The minimum Gasteiger partial charge on any atom is -0.379 e. The molecule has 0 saturated carbocycles. The van der Waals surface area contributed by atoms with Crippen molar-refractivity contribution in [1.82, 2.24) is 30.0 Å². The summed E-state index contributed by atoms with van der Waals surface area (Å²) >= 11 is 0. The summed E-state index contributed by atoms with van der Waals surface area (Å²) in [4.78, 5) is 20.3. The molecule has 1 aliphatic rings. The van der Waals surface area contributed by atoms with Crippen molar-refractivity contribution in [3.63, 3.8) is 0 Å². The molecular weight excluding hydrogens is 370 g/mol. The van der Waals surface area contributed by atoms with E-state index in [1.54, 1.807) is 24.8 Å². The van der Waals surface area contributed by atoms with Crippen LogP contribution in [-0.2, 0) is 4.74 Å². The second kappa shape index (κ2) is 9.06. The Kier molecular flexibility index (Phi) is 6.06. The quantitative estimate of drug-likeness (QED) is 0.604. The molecule has 152 valence electrons. The van der Waals surface area contributed by atoms with Crippen LogP contribution in [0.1, 0.15) is 17.9 Å². The second-order valence-electron chi connectivity index (χ2n) is 6.98. The maximum Gasteiger partial charge on any atom is 0.223 e. The summed E-state index contributed by atoms with van der Waals surface area (Å²) in [6, 6.07) is 0. The third-order valence-corrected chi connectivity index (χ3v) is 4.94. The Labute approximate surface area is 169 Å². The first-order valence-electron chi connectivity index (χ1n) is 9.83. The monoisotopic (exact) mass is 395 g/mol. The van der Waals surface area contributed by atoms with Gasteiger partial charge in [-0.05, 0) is 26.8 Å². The zero-order valence-electron chi connectivity index (χ0n) is 16.8. The molecule has 29 heavy (non-hydrogen) atoms. The van der Waals surface area contributed by atoms with Gasteiger partial charge in [-0.25, -0.2) is 9.97 Å². The lowest BCUT2D eigenvalue weighted by molar-refractivity contribution is 0.0378. The van der Waals surface area contributed by atoms with E-state index in [0.717, 1.165) is 68.3 Å². The zero-order chi connectivity index (χ0) is 20.1. The number of hydrogen-bond acceptors (Lipinski definition) is 9. The van der Waals surface area contributed by atoms with Gasteiger partial charge >= 0.3 is 0 Å². The fraction of sp³-hybridized carbons (Fsp3) is 0.450. The molecule has 1 N–H and O–H groups in total. The average molecular weight is 395 g/mol. The number of aryl methyl sites for hydroxylation is 2. The summed E-state index contributed by atoms with van der Waals surface area (Å²) in [5.74, 6) is 1.29. The molecule has 4 heterocycles. The molecule has 0 aromatic carbocycles. The molecule has 0 aliphatic carbocycles. The summed E-state index contributed by atoms with van der Waals surface area (Å²) in [6.45, 7) is 9.26. The van der Waals surface area contributed by atoms with Gasteiger partial charge in [-0.1, -0.05) is 5.16 Å². The smallest absolute Gasteiger partial charge is 0.223 e. The van der Waals surface area contributed by atoms with E-state index in [1.807, 2.05) is 13.8 Å². The van der Waals surface area contributed by atoms with E-state index >= 15 is 0 Å². The van der Waals surface area contributed by atoms with Gasteiger partial charge in [0.25, 0.3) is 0 Å². The number of hydrogen-bond donors (Lipinski definition) is 1. The van der Waals surface area contributed by atoms with Gasteiger partial charge in [-0.15, -0.1) is 0 Å². The molecule has 0 unspecified atom stereocenters. The number of aromatic nitrogens is 5. The summed E-state index contributed by atoms with van der Waals surface area (Å²) in [6.07, 6.45) is 7.79. The van der Waals surface area contributed by atoms with Gasteiger partial charge < -0.3 is 14.6 Å². The lowest BCUT2D eigenvalue weighted by Crippen LogP contribution is -2.37. The van der Waals surface area contributed by atoms with E-state index in [-0.39, 0.29) is 0 Å². The van der Waals surface area contributed by atoms with Crippen LogP contribution in [0.2, 0.25) is 0 Å². The van der Waals surface area contributed by atoms with E-state index in [1.165, 1.54) is 0 Å². The highest BCUT2D eigenvalue weighted by molar-refractivity contribution is 5.80. The lowest BCUT2D eigenvalue weighted by atomic mass is 10.0. The van der Waals surface area contributed by atoms with Crippen LogP contribution in [0.4, 0.5) is 5.95 Å². The topological polar surface area (TPSA) is 102 Å². The molecule has 0 radical (unpaired) electrons. The number of ether oxygens (including phenoxy) is 1. The molecule has 0 atom stereocenters. The van der Waals surface area contributed by atoms with Gasteiger partial charge in [-0.2, -0.15) is 0 Å². The summed E-state index contributed by atoms with van der Waals surface area (Å²) in [5.41, 5.74) is 3.90. The Morgan fingerprint density at radius 1 is 1.10 bits per heavy atom. The number of nitrogens with one attached hydrogen (secondary N) is 1. The minimum absolute atomic E-state index is 0.578. The average Bonchev–Trinajstić information content (AvgIpc) is 3.10. The predicted molar refractivity (Wildman–Crippen MR) is 108 cm³/mol. The SMILES string of the molecule is Cc1noc(C)c1-c1nc(NCCCN2CCOCC2)ncc1-c1cnccn1. The van der Waals surface area contributed by atoms with Gasteiger partial charge in [0.2, 0.25) is 5.95 Å². The van der Waals surface area contributed by atoms with E-state index in [0.29, 0.717) is 17.4 Å². The van der Waals surface area contributed by atoms with Crippen molar-refractivity contribution in [1.29, 1.82) is 0 Å². The third-order valence-electron chi connectivity index (χ3n) is 4.94. The van der Waals surface area contributed by atoms with Crippen LogP contribution in [-0.4, -0.2) is 69.4 Å². The molecule has 1 aliphatic heterocycles. The maximum absolute atomic E-state index is 5.39. The van der Waals surface area contributed by atoms with Crippen LogP contribution in [0.15, 0.2) is 29.3 Å². The van der Waals surface area contributed by atoms with Gasteiger partial charge in [0.05, 0.1) is 42.1 Å². The number of anilines is 1. The molecule has 3 aromatic rings. The first-order chi connectivity index (χ1) is 14.2. The second-order valence-corrected chi connectivity index (χ2v) is 6.98. The van der Waals surface area contributed by atoms with E-state index < -0.39 is 0 Å². The van der Waals surface area contributed by atoms with Crippen molar-refractivity contribution in [2.45, 2.75) is 20.3 Å². The maximum atomic E-state index is 5.39. The van der Waals surface area contributed by atoms with Crippen LogP contribution in [0.3, 0.4) is 0 Å². The van der Waals surface area contributed by atoms with Gasteiger partial charge in [0.15, 0.2) is 0 Å². The highest BCUT2D eigenvalue weighted by Crippen LogP contribution is 2.33. The predicted octanol–water partition coefficient (Wildman–Crippen LogP) is 2.34. The van der Waals surface area contributed by atoms with Crippen LogP contribution in [0.25, 0.3) is 22.5 Å². The zero-order valence-corrected chi connectivity index (χ0v) is 16.8. The Morgan fingerprint density at radius 3 is 2.69 bits per heavy atom. The van der Waals surface area contributed by atoms with Crippen molar-refractivity contribution < 1.29 is 9.26 Å². The van der Waals surface area contributed by atoms with Gasteiger partial charge in [-0.3, -0.25) is 14.9 Å². The molecule has 9 heteroatoms. The Morgan fingerprint density at radius 2 is 1.97 bits per heavy atom. The van der Waals surface area contributed by atoms with Gasteiger partial charge in [0.1, 0.15) is 5.76 Å².